The monoisotopic (exact) mass is 257 g/mol. The van der Waals surface area contributed by atoms with Gasteiger partial charge in [0.2, 0.25) is 5.91 Å². The minimum atomic E-state index is -0.443. The molecular weight excluding hydrogens is 238 g/mol. The van der Waals surface area contributed by atoms with Crippen molar-refractivity contribution in [1.29, 1.82) is 0 Å². The summed E-state index contributed by atoms with van der Waals surface area (Å²) in [6, 6.07) is 0. The summed E-state index contributed by atoms with van der Waals surface area (Å²) in [5, 5.41) is 0. The van der Waals surface area contributed by atoms with Gasteiger partial charge in [-0.3, -0.25) is 14.4 Å². The molecule has 0 rings (SSSR count). The molecule has 0 atom stereocenters. The molecule has 0 spiro atoms. The third-order valence-electron chi connectivity index (χ3n) is 2.16. The van der Waals surface area contributed by atoms with Gasteiger partial charge in [-0.15, -0.1) is 0 Å². The fraction of sp³-hybridized carbons (Fsp3) is 0.583. The van der Waals surface area contributed by atoms with Gasteiger partial charge in [0.1, 0.15) is 6.61 Å². The highest BCUT2D eigenvalue weighted by molar-refractivity contribution is 5.77. The summed E-state index contributed by atoms with van der Waals surface area (Å²) in [4.78, 5) is 34.8. The average Bonchev–Trinajstić information content (AvgIpc) is 2.35. The Morgan fingerprint density at radius 3 is 2.44 bits per heavy atom. The van der Waals surface area contributed by atoms with Crippen molar-refractivity contribution in [2.75, 3.05) is 20.2 Å². The normalized spacial score (nSPS) is 9.44. The summed E-state index contributed by atoms with van der Waals surface area (Å²) in [7, 11) is 1.57. The minimum Gasteiger partial charge on any atom is -0.465 e. The van der Waals surface area contributed by atoms with Crippen molar-refractivity contribution in [3.63, 3.8) is 0 Å². The van der Waals surface area contributed by atoms with Crippen molar-refractivity contribution in [3.8, 4) is 0 Å². The van der Waals surface area contributed by atoms with Gasteiger partial charge in [-0.25, -0.2) is 0 Å². The molecule has 0 N–H and O–H groups in total. The Labute approximate surface area is 107 Å². The number of esters is 2. The maximum atomic E-state index is 11.5. The number of carbonyl (C=O) groups is 3. The summed E-state index contributed by atoms with van der Waals surface area (Å²) in [5.74, 6) is -0.965. The predicted octanol–water partition coefficient (Wildman–Crippen LogP) is 0.865. The van der Waals surface area contributed by atoms with Gasteiger partial charge in [-0.2, -0.15) is 0 Å². The summed E-state index contributed by atoms with van der Waals surface area (Å²) < 4.78 is 9.30. The molecule has 1 amide bonds. The number of rotatable bonds is 8. The van der Waals surface area contributed by atoms with Crippen molar-refractivity contribution >= 4 is 17.8 Å². The predicted molar refractivity (Wildman–Crippen MR) is 64.4 cm³/mol. The van der Waals surface area contributed by atoms with E-state index in [-0.39, 0.29) is 44.3 Å². The molecule has 102 valence electrons. The van der Waals surface area contributed by atoms with Gasteiger partial charge in [-0.05, 0) is 0 Å². The first-order chi connectivity index (χ1) is 8.51. The van der Waals surface area contributed by atoms with Crippen LogP contribution in [0.3, 0.4) is 0 Å². The molecule has 0 bridgehead atoms. The van der Waals surface area contributed by atoms with E-state index in [1.807, 2.05) is 0 Å². The van der Waals surface area contributed by atoms with Gasteiger partial charge in [0.15, 0.2) is 0 Å². The first kappa shape index (κ1) is 16.1. The maximum absolute atomic E-state index is 11.5. The van der Waals surface area contributed by atoms with Gasteiger partial charge in [0.05, 0.1) is 19.1 Å². The molecule has 0 aromatic rings. The second-order valence-electron chi connectivity index (χ2n) is 3.55. The zero-order valence-electron chi connectivity index (χ0n) is 10.8. The van der Waals surface area contributed by atoms with E-state index < -0.39 is 5.97 Å². The van der Waals surface area contributed by atoms with Gasteiger partial charge in [-0.1, -0.05) is 13.5 Å². The van der Waals surface area contributed by atoms with Gasteiger partial charge in [0, 0.05) is 20.0 Å². The van der Waals surface area contributed by atoms with Crippen LogP contribution in [0, 0.1) is 0 Å². The van der Waals surface area contributed by atoms with Crippen molar-refractivity contribution < 1.29 is 23.9 Å². The SMILES string of the molecule is C=COC(=O)CCN(C)C(=O)CCOC(=O)CC. The Morgan fingerprint density at radius 2 is 1.89 bits per heavy atom. The number of hydrogen-bond acceptors (Lipinski definition) is 5. The van der Waals surface area contributed by atoms with Crippen molar-refractivity contribution in [1.82, 2.24) is 4.90 Å². The molecule has 0 unspecified atom stereocenters. The zero-order valence-corrected chi connectivity index (χ0v) is 10.8. The molecule has 0 heterocycles. The second kappa shape index (κ2) is 9.21. The molecule has 0 aliphatic heterocycles. The molecule has 0 aliphatic rings. The van der Waals surface area contributed by atoms with Crippen LogP contribution in [0.25, 0.3) is 0 Å². The number of ether oxygens (including phenoxy) is 2. The zero-order chi connectivity index (χ0) is 14.0. The van der Waals surface area contributed by atoms with E-state index in [0.29, 0.717) is 0 Å². The van der Waals surface area contributed by atoms with Crippen LogP contribution in [0.1, 0.15) is 26.2 Å². The van der Waals surface area contributed by atoms with Crippen LogP contribution in [0.15, 0.2) is 12.8 Å². The fourth-order valence-corrected chi connectivity index (χ4v) is 1.08. The lowest BCUT2D eigenvalue weighted by Gasteiger charge is -2.16. The lowest BCUT2D eigenvalue weighted by atomic mass is 10.3. The van der Waals surface area contributed by atoms with Gasteiger partial charge >= 0.3 is 11.9 Å². The van der Waals surface area contributed by atoms with Crippen LogP contribution < -0.4 is 0 Å². The van der Waals surface area contributed by atoms with E-state index in [9.17, 15) is 14.4 Å². The van der Waals surface area contributed by atoms with Crippen molar-refractivity contribution in [3.05, 3.63) is 12.8 Å². The standard InChI is InChI=1S/C12H19NO5/c1-4-11(15)18-9-7-10(14)13(3)8-6-12(16)17-5-2/h5H,2,4,6-9H2,1,3H3. The Hall–Kier alpha value is -1.85. The Bertz CT molecular complexity index is 314. The molecule has 0 aromatic heterocycles. The number of hydrogen-bond donors (Lipinski definition) is 0. The topological polar surface area (TPSA) is 72.9 Å². The summed E-state index contributed by atoms with van der Waals surface area (Å²) >= 11 is 0. The summed E-state index contributed by atoms with van der Waals surface area (Å²) in [5.41, 5.74) is 0. The second-order valence-corrected chi connectivity index (χ2v) is 3.55. The molecule has 0 saturated carbocycles. The highest BCUT2D eigenvalue weighted by Gasteiger charge is 2.11. The molecule has 0 saturated heterocycles. The Balaban J connectivity index is 3.79. The fourth-order valence-electron chi connectivity index (χ4n) is 1.08. The van der Waals surface area contributed by atoms with Crippen molar-refractivity contribution in [2.24, 2.45) is 0 Å². The van der Waals surface area contributed by atoms with Gasteiger partial charge < -0.3 is 14.4 Å². The third kappa shape index (κ3) is 7.43. The Morgan fingerprint density at radius 1 is 1.22 bits per heavy atom. The Kier molecular flexibility index (Phi) is 8.26. The van der Waals surface area contributed by atoms with E-state index in [0.717, 1.165) is 6.26 Å². The van der Waals surface area contributed by atoms with E-state index >= 15 is 0 Å². The number of nitrogens with zero attached hydrogens (tertiary/aromatic N) is 1. The van der Waals surface area contributed by atoms with Crippen LogP contribution in [0.4, 0.5) is 0 Å². The van der Waals surface area contributed by atoms with Crippen LogP contribution in [-0.2, 0) is 23.9 Å². The lowest BCUT2D eigenvalue weighted by molar-refractivity contribution is -0.144. The molecule has 0 radical (unpaired) electrons. The van der Waals surface area contributed by atoms with E-state index in [2.05, 4.69) is 11.3 Å². The molecule has 0 aliphatic carbocycles. The van der Waals surface area contributed by atoms with Crippen molar-refractivity contribution in [2.45, 2.75) is 26.2 Å². The van der Waals surface area contributed by atoms with Crippen LogP contribution >= 0.6 is 0 Å². The van der Waals surface area contributed by atoms with E-state index in [4.69, 9.17) is 4.74 Å². The first-order valence-corrected chi connectivity index (χ1v) is 5.71. The third-order valence-corrected chi connectivity index (χ3v) is 2.16. The average molecular weight is 257 g/mol. The lowest BCUT2D eigenvalue weighted by Crippen LogP contribution is -2.30. The van der Waals surface area contributed by atoms with Gasteiger partial charge in [0.25, 0.3) is 0 Å². The smallest absolute Gasteiger partial charge is 0.312 e. The molecule has 0 aromatic carbocycles. The van der Waals surface area contributed by atoms with E-state index in [1.165, 1.54) is 4.90 Å². The summed E-state index contributed by atoms with van der Waals surface area (Å²) in [6.45, 7) is 5.26. The van der Waals surface area contributed by atoms with Crippen LogP contribution in [0.5, 0.6) is 0 Å². The van der Waals surface area contributed by atoms with Crippen LogP contribution in [-0.4, -0.2) is 42.9 Å². The largest absolute Gasteiger partial charge is 0.465 e. The summed E-state index contributed by atoms with van der Waals surface area (Å²) in [6.07, 6.45) is 1.55. The number of amides is 1. The first-order valence-electron chi connectivity index (χ1n) is 5.71. The molecule has 6 nitrogen and oxygen atoms in total. The number of carbonyl (C=O) groups excluding carboxylic acids is 3. The van der Waals surface area contributed by atoms with E-state index in [1.54, 1.807) is 14.0 Å². The molecule has 18 heavy (non-hydrogen) atoms. The molecule has 6 heteroatoms. The minimum absolute atomic E-state index is 0.0625. The highest BCUT2D eigenvalue weighted by Crippen LogP contribution is 1.97. The molecule has 0 fully saturated rings. The quantitative estimate of drug-likeness (QED) is 0.476. The highest BCUT2D eigenvalue weighted by atomic mass is 16.5. The molecular formula is C12H19NO5. The van der Waals surface area contributed by atoms with Crippen LogP contribution in [0.2, 0.25) is 0 Å². The maximum Gasteiger partial charge on any atom is 0.312 e.